The fraction of sp³-hybridized carbons (Fsp3) is 0.500. The number of amides is 4. The molecule has 4 amide bonds. The molecule has 28 heavy (non-hydrogen) atoms. The van der Waals surface area contributed by atoms with E-state index in [1.807, 2.05) is 6.07 Å². The summed E-state index contributed by atoms with van der Waals surface area (Å²) in [5.41, 5.74) is 1.65. The van der Waals surface area contributed by atoms with E-state index in [0.717, 1.165) is 23.4 Å². The molecule has 8 nitrogen and oxygen atoms in total. The Labute approximate surface area is 163 Å². The van der Waals surface area contributed by atoms with Crippen molar-refractivity contribution >= 4 is 23.6 Å². The van der Waals surface area contributed by atoms with Gasteiger partial charge in [-0.3, -0.25) is 29.4 Å². The van der Waals surface area contributed by atoms with Crippen LogP contribution in [0.3, 0.4) is 0 Å². The van der Waals surface area contributed by atoms with Crippen LogP contribution < -0.4 is 16.0 Å². The fourth-order valence-corrected chi connectivity index (χ4v) is 4.19. The highest BCUT2D eigenvalue weighted by atomic mass is 16.2. The van der Waals surface area contributed by atoms with Crippen LogP contribution in [0.25, 0.3) is 0 Å². The number of carbonyl (C=O) groups is 4. The van der Waals surface area contributed by atoms with E-state index in [0.29, 0.717) is 23.7 Å². The molecule has 2 saturated heterocycles. The number of carbonyl (C=O) groups excluding carboxylic acids is 4. The Morgan fingerprint density at radius 2 is 1.89 bits per heavy atom. The number of hydrogen-bond acceptors (Lipinski definition) is 6. The first-order chi connectivity index (χ1) is 13.2. The minimum absolute atomic E-state index is 0.112. The van der Waals surface area contributed by atoms with Gasteiger partial charge in [-0.1, -0.05) is 6.07 Å². The van der Waals surface area contributed by atoms with Crippen molar-refractivity contribution in [2.45, 2.75) is 57.3 Å². The Hall–Kier alpha value is -2.58. The Balaban J connectivity index is 1.48. The van der Waals surface area contributed by atoms with Gasteiger partial charge in [0.25, 0.3) is 11.8 Å². The van der Waals surface area contributed by atoms with Crippen LogP contribution in [-0.2, 0) is 16.1 Å². The smallest absolute Gasteiger partial charge is 0.262 e. The van der Waals surface area contributed by atoms with Crippen molar-refractivity contribution in [2.75, 3.05) is 6.54 Å². The lowest BCUT2D eigenvalue weighted by atomic mass is 10.0. The molecule has 148 valence electrons. The average molecular weight is 384 g/mol. The third-order valence-corrected chi connectivity index (χ3v) is 5.68. The molecular weight excluding hydrogens is 360 g/mol. The van der Waals surface area contributed by atoms with E-state index in [-0.39, 0.29) is 24.3 Å². The summed E-state index contributed by atoms with van der Waals surface area (Å²) < 4.78 is 0. The molecule has 3 aliphatic rings. The summed E-state index contributed by atoms with van der Waals surface area (Å²) in [5.74, 6) is -1.92. The van der Waals surface area contributed by atoms with Crippen LogP contribution >= 0.6 is 0 Å². The number of nitrogens with one attached hydrogen (secondary N) is 3. The second-order valence-electron chi connectivity index (χ2n) is 8.37. The zero-order valence-corrected chi connectivity index (χ0v) is 16.0. The van der Waals surface area contributed by atoms with E-state index >= 15 is 0 Å². The number of fused-ring (bicyclic) bond motifs is 1. The summed E-state index contributed by atoms with van der Waals surface area (Å²) in [7, 11) is 0. The molecule has 3 aliphatic heterocycles. The van der Waals surface area contributed by atoms with E-state index in [4.69, 9.17) is 0 Å². The molecule has 3 heterocycles. The monoisotopic (exact) mass is 384 g/mol. The van der Waals surface area contributed by atoms with Crippen molar-refractivity contribution in [2.24, 2.45) is 0 Å². The third-order valence-electron chi connectivity index (χ3n) is 5.68. The van der Waals surface area contributed by atoms with Crippen LogP contribution in [-0.4, -0.2) is 52.7 Å². The molecule has 8 heteroatoms. The van der Waals surface area contributed by atoms with Crippen LogP contribution in [0.4, 0.5) is 0 Å². The Morgan fingerprint density at radius 3 is 2.57 bits per heavy atom. The average Bonchev–Trinajstić information content (AvgIpc) is 3.11. The normalized spacial score (nSPS) is 26.6. The zero-order chi connectivity index (χ0) is 20.1. The number of nitrogens with zero attached hydrogens (tertiary/aromatic N) is 1. The topological polar surface area (TPSA) is 108 Å². The Morgan fingerprint density at radius 1 is 1.14 bits per heavy atom. The molecule has 0 aliphatic carbocycles. The van der Waals surface area contributed by atoms with Gasteiger partial charge in [0.15, 0.2) is 0 Å². The SMILES string of the molecule is CC1(C)CC(NCc2ccc3c(c2)C(=O)N(C2CCC(=O)NC2=O)C3=O)CN1. The van der Waals surface area contributed by atoms with Crippen molar-refractivity contribution in [3.63, 3.8) is 0 Å². The lowest BCUT2D eigenvalue weighted by molar-refractivity contribution is -0.136. The molecule has 0 saturated carbocycles. The molecule has 2 fully saturated rings. The largest absolute Gasteiger partial charge is 0.310 e. The van der Waals surface area contributed by atoms with Gasteiger partial charge in [0, 0.05) is 31.1 Å². The van der Waals surface area contributed by atoms with E-state index in [2.05, 4.69) is 29.8 Å². The van der Waals surface area contributed by atoms with E-state index in [1.54, 1.807) is 12.1 Å². The maximum atomic E-state index is 12.8. The van der Waals surface area contributed by atoms with E-state index in [9.17, 15) is 19.2 Å². The second kappa shape index (κ2) is 6.79. The lowest BCUT2D eigenvalue weighted by Gasteiger charge is -2.27. The summed E-state index contributed by atoms with van der Waals surface area (Å²) >= 11 is 0. The van der Waals surface area contributed by atoms with Gasteiger partial charge in [-0.15, -0.1) is 0 Å². The highest BCUT2D eigenvalue weighted by molar-refractivity contribution is 6.23. The summed E-state index contributed by atoms with van der Waals surface area (Å²) in [6.07, 6.45) is 1.29. The zero-order valence-electron chi connectivity index (χ0n) is 16.0. The number of hydrogen-bond donors (Lipinski definition) is 3. The molecule has 0 bridgehead atoms. The number of benzene rings is 1. The van der Waals surface area contributed by atoms with Crippen molar-refractivity contribution in [1.29, 1.82) is 0 Å². The predicted octanol–water partition coefficient (Wildman–Crippen LogP) is 0.318. The summed E-state index contributed by atoms with van der Waals surface area (Å²) in [4.78, 5) is 50.0. The number of piperidine rings is 1. The van der Waals surface area contributed by atoms with Crippen molar-refractivity contribution in [1.82, 2.24) is 20.9 Å². The third kappa shape index (κ3) is 3.33. The molecule has 1 aromatic carbocycles. The summed E-state index contributed by atoms with van der Waals surface area (Å²) in [6.45, 7) is 5.81. The highest BCUT2D eigenvalue weighted by Crippen LogP contribution is 2.28. The predicted molar refractivity (Wildman–Crippen MR) is 100 cm³/mol. The van der Waals surface area contributed by atoms with Crippen LogP contribution in [0.2, 0.25) is 0 Å². The molecule has 0 spiro atoms. The molecule has 3 N–H and O–H groups in total. The molecule has 0 aromatic heterocycles. The molecule has 2 atom stereocenters. The van der Waals surface area contributed by atoms with Gasteiger partial charge in [0.05, 0.1) is 11.1 Å². The first-order valence-electron chi connectivity index (χ1n) is 9.58. The Kier molecular flexibility index (Phi) is 4.55. The molecule has 4 rings (SSSR count). The van der Waals surface area contributed by atoms with Gasteiger partial charge < -0.3 is 10.6 Å². The quantitative estimate of drug-likeness (QED) is 0.646. The molecule has 2 unspecified atom stereocenters. The van der Waals surface area contributed by atoms with Gasteiger partial charge in [-0.2, -0.15) is 0 Å². The molecular formula is C20H24N4O4. The number of imide groups is 2. The minimum Gasteiger partial charge on any atom is -0.310 e. The van der Waals surface area contributed by atoms with Gasteiger partial charge in [0.1, 0.15) is 6.04 Å². The Bertz CT molecular complexity index is 879. The van der Waals surface area contributed by atoms with E-state index in [1.165, 1.54) is 0 Å². The molecule has 0 radical (unpaired) electrons. The first kappa shape index (κ1) is 18.8. The van der Waals surface area contributed by atoms with Crippen molar-refractivity contribution in [3.8, 4) is 0 Å². The lowest BCUT2D eigenvalue weighted by Crippen LogP contribution is -2.54. The standard InChI is InChI=1S/C20H24N4O4/c1-20(2)8-12(10-22-20)21-9-11-3-4-13-14(7-11)19(28)24(18(13)27)15-5-6-16(25)23-17(15)26/h3-4,7,12,15,21-22H,5-6,8-10H2,1-2H3,(H,23,25,26). The van der Waals surface area contributed by atoms with Crippen LogP contribution in [0.5, 0.6) is 0 Å². The summed E-state index contributed by atoms with van der Waals surface area (Å²) in [5, 5.41) is 9.14. The maximum Gasteiger partial charge on any atom is 0.262 e. The number of rotatable bonds is 4. The van der Waals surface area contributed by atoms with Crippen molar-refractivity contribution in [3.05, 3.63) is 34.9 Å². The van der Waals surface area contributed by atoms with Gasteiger partial charge >= 0.3 is 0 Å². The summed E-state index contributed by atoms with van der Waals surface area (Å²) in [6, 6.07) is 4.62. The highest BCUT2D eigenvalue weighted by Gasteiger charge is 2.44. The minimum atomic E-state index is -0.932. The fourth-order valence-electron chi connectivity index (χ4n) is 4.19. The van der Waals surface area contributed by atoms with Gasteiger partial charge in [0.2, 0.25) is 11.8 Å². The molecule has 1 aromatic rings. The van der Waals surface area contributed by atoms with Crippen molar-refractivity contribution < 1.29 is 19.2 Å². The first-order valence-corrected chi connectivity index (χ1v) is 9.58. The van der Waals surface area contributed by atoms with Gasteiger partial charge in [-0.05, 0) is 44.4 Å². The maximum absolute atomic E-state index is 12.8. The van der Waals surface area contributed by atoms with E-state index < -0.39 is 23.8 Å². The van der Waals surface area contributed by atoms with Crippen LogP contribution in [0, 0.1) is 0 Å². The second-order valence-corrected chi connectivity index (χ2v) is 8.37. The van der Waals surface area contributed by atoms with Gasteiger partial charge in [-0.25, -0.2) is 0 Å². The van der Waals surface area contributed by atoms with Crippen LogP contribution in [0.1, 0.15) is 59.4 Å². The van der Waals surface area contributed by atoms with Crippen LogP contribution in [0.15, 0.2) is 18.2 Å².